The van der Waals surface area contributed by atoms with Gasteiger partial charge in [0.2, 0.25) is 0 Å². The molecule has 2 atom stereocenters. The quantitative estimate of drug-likeness (QED) is 0.446. The van der Waals surface area contributed by atoms with Crippen LogP contribution in [0.25, 0.3) is 10.9 Å². The van der Waals surface area contributed by atoms with Crippen molar-refractivity contribution < 1.29 is 13.9 Å². The van der Waals surface area contributed by atoms with Crippen LogP contribution in [0.5, 0.6) is 5.75 Å². The summed E-state index contributed by atoms with van der Waals surface area (Å²) in [5.41, 5.74) is 8.39. The summed E-state index contributed by atoms with van der Waals surface area (Å²) in [6, 6.07) is 9.77. The average Bonchev–Trinajstić information content (AvgIpc) is 2.80. The number of benzene rings is 1. The summed E-state index contributed by atoms with van der Waals surface area (Å²) >= 11 is 0. The second-order valence-electron chi connectivity index (χ2n) is 8.90. The lowest BCUT2D eigenvalue weighted by atomic mass is 10.1. The fourth-order valence-electron chi connectivity index (χ4n) is 4.21. The number of hydrogen-bond donors (Lipinski definition) is 3. The molecule has 8 nitrogen and oxygen atoms in total. The van der Waals surface area contributed by atoms with Crippen LogP contribution in [-0.4, -0.2) is 34.1 Å². The Kier molecular flexibility index (Phi) is 7.23. The molecule has 0 radical (unpaired) electrons. The number of amides is 1. The Hall–Kier alpha value is -3.30. The van der Waals surface area contributed by atoms with Crippen molar-refractivity contribution in [1.29, 1.82) is 0 Å². The highest BCUT2D eigenvalue weighted by Gasteiger charge is 2.17. The minimum Gasteiger partial charge on any atom is -0.480 e. The molecular weight excluding hydrogens is 437 g/mol. The molecule has 0 aliphatic carbocycles. The van der Waals surface area contributed by atoms with Crippen LogP contribution >= 0.6 is 0 Å². The lowest BCUT2D eigenvalue weighted by molar-refractivity contribution is -0.118. The van der Waals surface area contributed by atoms with Gasteiger partial charge in [-0.2, -0.15) is 0 Å². The topological polar surface area (TPSA) is 111 Å². The predicted molar refractivity (Wildman–Crippen MR) is 129 cm³/mol. The molecule has 180 valence electrons. The van der Waals surface area contributed by atoms with Gasteiger partial charge in [-0.1, -0.05) is 6.42 Å². The van der Waals surface area contributed by atoms with Gasteiger partial charge in [0, 0.05) is 36.6 Å². The Morgan fingerprint density at radius 3 is 2.88 bits per heavy atom. The van der Waals surface area contributed by atoms with E-state index in [9.17, 15) is 14.0 Å². The highest BCUT2D eigenvalue weighted by Crippen LogP contribution is 2.25. The van der Waals surface area contributed by atoms with Gasteiger partial charge >= 0.3 is 0 Å². The molecule has 4 N–H and O–H groups in total. The smallest absolute Gasteiger partial charge is 0.263 e. The summed E-state index contributed by atoms with van der Waals surface area (Å²) in [5, 5.41) is 7.00. The van der Waals surface area contributed by atoms with E-state index < -0.39 is 0 Å². The number of halogens is 1. The summed E-state index contributed by atoms with van der Waals surface area (Å²) < 4.78 is 20.7. The molecule has 9 heteroatoms. The number of carbonyl (C=O) groups is 1. The number of pyridine rings is 2. The minimum absolute atomic E-state index is 0.0110. The Morgan fingerprint density at radius 1 is 1.24 bits per heavy atom. The van der Waals surface area contributed by atoms with Gasteiger partial charge in [0.05, 0.1) is 11.2 Å². The van der Waals surface area contributed by atoms with E-state index in [-0.39, 0.29) is 36.0 Å². The largest absolute Gasteiger partial charge is 0.480 e. The van der Waals surface area contributed by atoms with Crippen molar-refractivity contribution in [3.8, 4) is 5.75 Å². The molecule has 3 heterocycles. The summed E-state index contributed by atoms with van der Waals surface area (Å²) in [5.74, 6) is 0.449. The fraction of sp³-hybridized carbons (Fsp3) is 0.400. The Labute approximate surface area is 197 Å². The third-order valence-corrected chi connectivity index (χ3v) is 6.07. The highest BCUT2D eigenvalue weighted by molar-refractivity contribution is 5.94. The summed E-state index contributed by atoms with van der Waals surface area (Å²) in [7, 11) is 0. The fourth-order valence-corrected chi connectivity index (χ4v) is 4.21. The summed E-state index contributed by atoms with van der Waals surface area (Å²) in [4.78, 5) is 28.5. The normalized spacial score (nSPS) is 14.9. The van der Waals surface area contributed by atoms with E-state index in [2.05, 4.69) is 22.5 Å². The summed E-state index contributed by atoms with van der Waals surface area (Å²) in [6.07, 6.45) is 2.52. The number of nitrogens with one attached hydrogen (secondary N) is 2. The van der Waals surface area contributed by atoms with Crippen LogP contribution in [-0.2, 0) is 17.9 Å². The molecule has 1 amide bonds. The van der Waals surface area contributed by atoms with Crippen molar-refractivity contribution in [2.75, 3.05) is 11.9 Å². The molecule has 34 heavy (non-hydrogen) atoms. The molecule has 1 aromatic carbocycles. The van der Waals surface area contributed by atoms with E-state index in [1.54, 1.807) is 16.7 Å². The number of nitrogens with zero attached hydrogens (tertiary/aromatic N) is 2. The first kappa shape index (κ1) is 23.8. The molecule has 0 bridgehead atoms. The van der Waals surface area contributed by atoms with Gasteiger partial charge in [0.25, 0.3) is 11.5 Å². The van der Waals surface area contributed by atoms with Gasteiger partial charge in [0.15, 0.2) is 18.2 Å². The van der Waals surface area contributed by atoms with Crippen molar-refractivity contribution in [3.63, 3.8) is 0 Å². The molecular formula is C25H30FN5O3. The lowest BCUT2D eigenvalue weighted by Crippen LogP contribution is -2.33. The predicted octanol–water partition coefficient (Wildman–Crippen LogP) is 2.85. The number of aryl methyl sites for hydroxylation is 1. The zero-order valence-corrected chi connectivity index (χ0v) is 19.4. The van der Waals surface area contributed by atoms with Gasteiger partial charge in [-0.05, 0) is 62.6 Å². The number of anilines is 1. The van der Waals surface area contributed by atoms with Crippen LogP contribution in [0.1, 0.15) is 37.4 Å². The van der Waals surface area contributed by atoms with Crippen LogP contribution in [0.2, 0.25) is 0 Å². The lowest BCUT2D eigenvalue weighted by Gasteiger charge is -2.19. The molecule has 1 aliphatic heterocycles. The first-order valence-corrected chi connectivity index (χ1v) is 11.5. The van der Waals surface area contributed by atoms with Crippen molar-refractivity contribution >= 4 is 22.6 Å². The maximum absolute atomic E-state index is 13.8. The van der Waals surface area contributed by atoms with E-state index >= 15 is 0 Å². The number of aromatic nitrogens is 2. The van der Waals surface area contributed by atoms with Crippen LogP contribution < -0.4 is 26.7 Å². The standard InChI is InChI=1S/C25H30FN5O3/c1-15-10-24(33)31(21-11-17(26)6-8-20(15)21)13-18(27)5-3-4-16(2)28-12-19-7-9-22-25(29-19)30-23(32)14-34-22/h6-11,16,18,28H,3-5,12-14,27H2,1-2H3,(H,29,30,32). The second-order valence-corrected chi connectivity index (χ2v) is 8.90. The second kappa shape index (κ2) is 10.3. The van der Waals surface area contributed by atoms with Crippen molar-refractivity contribution in [2.24, 2.45) is 5.73 Å². The van der Waals surface area contributed by atoms with E-state index in [4.69, 9.17) is 10.5 Å². The third-order valence-electron chi connectivity index (χ3n) is 6.07. The van der Waals surface area contributed by atoms with E-state index in [0.717, 1.165) is 35.9 Å². The summed E-state index contributed by atoms with van der Waals surface area (Å²) in [6.45, 7) is 4.86. The number of ether oxygens (including phenoxy) is 1. The molecule has 1 aliphatic rings. The first-order valence-electron chi connectivity index (χ1n) is 11.5. The Morgan fingerprint density at radius 2 is 2.06 bits per heavy atom. The van der Waals surface area contributed by atoms with Crippen LogP contribution in [0.4, 0.5) is 10.2 Å². The van der Waals surface area contributed by atoms with E-state index in [1.165, 1.54) is 12.1 Å². The van der Waals surface area contributed by atoms with Gasteiger partial charge in [-0.15, -0.1) is 0 Å². The molecule has 2 aromatic heterocycles. The van der Waals surface area contributed by atoms with Crippen molar-refractivity contribution in [2.45, 2.75) is 58.3 Å². The molecule has 0 fully saturated rings. The maximum atomic E-state index is 13.8. The third kappa shape index (κ3) is 5.60. The van der Waals surface area contributed by atoms with Crippen LogP contribution in [0.15, 0.2) is 41.2 Å². The number of rotatable bonds is 9. The zero-order valence-electron chi connectivity index (χ0n) is 19.4. The minimum atomic E-state index is -0.372. The first-order chi connectivity index (χ1) is 16.3. The maximum Gasteiger partial charge on any atom is 0.263 e. The molecule has 0 saturated heterocycles. The Bertz CT molecular complexity index is 1260. The van der Waals surface area contributed by atoms with Gasteiger partial charge in [-0.3, -0.25) is 9.59 Å². The SMILES string of the molecule is Cc1cc(=O)n(CC(N)CCCC(C)NCc2ccc3c(n2)NC(=O)CO3)c2cc(F)ccc12. The average molecular weight is 468 g/mol. The molecule has 0 saturated carbocycles. The number of carbonyl (C=O) groups excluding carboxylic acids is 1. The van der Waals surface area contributed by atoms with Crippen molar-refractivity contribution in [3.05, 3.63) is 63.8 Å². The molecule has 2 unspecified atom stereocenters. The van der Waals surface area contributed by atoms with Gasteiger partial charge in [-0.25, -0.2) is 9.37 Å². The van der Waals surface area contributed by atoms with E-state index in [1.807, 2.05) is 19.1 Å². The van der Waals surface area contributed by atoms with E-state index in [0.29, 0.717) is 30.2 Å². The van der Waals surface area contributed by atoms with Crippen molar-refractivity contribution in [1.82, 2.24) is 14.9 Å². The highest BCUT2D eigenvalue weighted by atomic mass is 19.1. The molecule has 0 spiro atoms. The molecule has 3 aromatic rings. The number of fused-ring (bicyclic) bond motifs is 2. The van der Waals surface area contributed by atoms with Crippen LogP contribution in [0.3, 0.4) is 0 Å². The monoisotopic (exact) mass is 467 g/mol. The van der Waals surface area contributed by atoms with Crippen LogP contribution in [0, 0.1) is 12.7 Å². The van der Waals surface area contributed by atoms with Gasteiger partial charge < -0.3 is 25.7 Å². The molecule has 4 rings (SSSR count). The zero-order chi connectivity index (χ0) is 24.2. The van der Waals surface area contributed by atoms with Gasteiger partial charge in [0.1, 0.15) is 5.82 Å². The Balaban J connectivity index is 1.27. The number of hydrogen-bond acceptors (Lipinski definition) is 6. The number of nitrogens with two attached hydrogens (primary N) is 1.